The summed E-state index contributed by atoms with van der Waals surface area (Å²) < 4.78 is 10.9. The summed E-state index contributed by atoms with van der Waals surface area (Å²) in [6, 6.07) is 6.69. The largest absolute Gasteiger partial charge is 0.454 e. The van der Waals surface area contributed by atoms with Crippen LogP contribution in [0.15, 0.2) is 18.2 Å². The number of hydrogen-bond donors (Lipinski definition) is 1. The van der Waals surface area contributed by atoms with E-state index in [1.54, 1.807) is 0 Å². The molecule has 0 bridgehead atoms. The first-order valence-corrected chi connectivity index (χ1v) is 7.17. The lowest BCUT2D eigenvalue weighted by molar-refractivity contribution is 0.173. The number of hydrogen-bond acceptors (Lipinski definition) is 4. The van der Waals surface area contributed by atoms with Gasteiger partial charge < -0.3 is 14.8 Å². The van der Waals surface area contributed by atoms with Crippen molar-refractivity contribution in [2.45, 2.75) is 32.4 Å². The van der Waals surface area contributed by atoms with E-state index in [0.29, 0.717) is 12.8 Å². The molecular formula is C15H22N2O2. The van der Waals surface area contributed by atoms with Gasteiger partial charge >= 0.3 is 0 Å². The first kappa shape index (κ1) is 12.8. The van der Waals surface area contributed by atoms with E-state index in [-0.39, 0.29) is 0 Å². The highest BCUT2D eigenvalue weighted by atomic mass is 16.7. The SMILES string of the molecule is CC(CNCc1cccc2c1OCO2)N1CCCC1. The number of likely N-dealkylation sites (tertiary alicyclic amines) is 1. The first-order chi connectivity index (χ1) is 9.34. The third-order valence-electron chi connectivity index (χ3n) is 4.00. The average Bonchev–Trinajstić information content (AvgIpc) is 3.10. The molecule has 1 aromatic carbocycles. The molecule has 1 N–H and O–H groups in total. The van der Waals surface area contributed by atoms with Gasteiger partial charge in [0.05, 0.1) is 0 Å². The maximum atomic E-state index is 5.51. The lowest BCUT2D eigenvalue weighted by Gasteiger charge is -2.24. The molecule has 2 aliphatic heterocycles. The van der Waals surface area contributed by atoms with E-state index in [1.807, 2.05) is 12.1 Å². The van der Waals surface area contributed by atoms with Crippen molar-refractivity contribution in [2.24, 2.45) is 0 Å². The Kier molecular flexibility index (Phi) is 3.89. The highest BCUT2D eigenvalue weighted by Crippen LogP contribution is 2.35. The predicted molar refractivity (Wildman–Crippen MR) is 74.5 cm³/mol. The van der Waals surface area contributed by atoms with Gasteiger partial charge in [0.15, 0.2) is 11.5 Å². The molecule has 19 heavy (non-hydrogen) atoms. The summed E-state index contributed by atoms with van der Waals surface area (Å²) in [6.07, 6.45) is 2.70. The monoisotopic (exact) mass is 262 g/mol. The Morgan fingerprint density at radius 2 is 2.11 bits per heavy atom. The van der Waals surface area contributed by atoms with Gasteiger partial charge in [-0.15, -0.1) is 0 Å². The topological polar surface area (TPSA) is 33.7 Å². The predicted octanol–water partition coefficient (Wildman–Crippen LogP) is 1.99. The van der Waals surface area contributed by atoms with E-state index >= 15 is 0 Å². The highest BCUT2D eigenvalue weighted by molar-refractivity contribution is 5.48. The summed E-state index contributed by atoms with van der Waals surface area (Å²) in [5.41, 5.74) is 1.18. The number of rotatable bonds is 5. The zero-order valence-electron chi connectivity index (χ0n) is 11.5. The summed E-state index contributed by atoms with van der Waals surface area (Å²) in [7, 11) is 0. The van der Waals surface area contributed by atoms with Gasteiger partial charge in [-0.2, -0.15) is 0 Å². The standard InChI is InChI=1S/C15H22N2O2/c1-12(17-7-2-3-8-17)9-16-10-13-5-4-6-14-15(13)19-11-18-14/h4-6,12,16H,2-3,7-11H2,1H3. The Labute approximate surface area is 114 Å². The fraction of sp³-hybridized carbons (Fsp3) is 0.600. The Morgan fingerprint density at radius 1 is 1.26 bits per heavy atom. The second-order valence-corrected chi connectivity index (χ2v) is 5.37. The molecule has 1 fully saturated rings. The van der Waals surface area contributed by atoms with Crippen molar-refractivity contribution >= 4 is 0 Å². The molecular weight excluding hydrogens is 240 g/mol. The van der Waals surface area contributed by atoms with Crippen LogP contribution in [-0.2, 0) is 6.54 Å². The molecule has 0 aromatic heterocycles. The zero-order chi connectivity index (χ0) is 13.1. The Bertz CT molecular complexity index is 430. The van der Waals surface area contributed by atoms with E-state index in [4.69, 9.17) is 9.47 Å². The normalized spacial score (nSPS) is 19.8. The molecule has 1 unspecified atom stereocenters. The summed E-state index contributed by atoms with van der Waals surface area (Å²) in [5, 5.41) is 3.53. The molecule has 4 nitrogen and oxygen atoms in total. The smallest absolute Gasteiger partial charge is 0.231 e. The molecule has 0 aliphatic carbocycles. The average molecular weight is 262 g/mol. The van der Waals surface area contributed by atoms with Crippen LogP contribution in [0.1, 0.15) is 25.3 Å². The molecule has 0 saturated carbocycles. The lowest BCUT2D eigenvalue weighted by atomic mass is 10.2. The molecule has 4 heteroatoms. The van der Waals surface area contributed by atoms with Crippen molar-refractivity contribution in [3.8, 4) is 11.5 Å². The maximum absolute atomic E-state index is 5.51. The van der Waals surface area contributed by atoms with Gasteiger partial charge in [-0.3, -0.25) is 4.90 Å². The van der Waals surface area contributed by atoms with Crippen LogP contribution in [0.5, 0.6) is 11.5 Å². The van der Waals surface area contributed by atoms with Crippen LogP contribution in [0.25, 0.3) is 0 Å². The fourth-order valence-electron chi connectivity index (χ4n) is 2.86. The summed E-state index contributed by atoms with van der Waals surface area (Å²) >= 11 is 0. The molecule has 3 rings (SSSR count). The van der Waals surface area contributed by atoms with Crippen LogP contribution in [-0.4, -0.2) is 37.4 Å². The van der Waals surface area contributed by atoms with E-state index in [9.17, 15) is 0 Å². The first-order valence-electron chi connectivity index (χ1n) is 7.17. The molecule has 1 aromatic rings. The molecule has 2 aliphatic rings. The van der Waals surface area contributed by atoms with Crippen LogP contribution in [0.4, 0.5) is 0 Å². The van der Waals surface area contributed by atoms with Gasteiger partial charge in [-0.25, -0.2) is 0 Å². The van der Waals surface area contributed by atoms with E-state index in [2.05, 4.69) is 23.2 Å². The van der Waals surface area contributed by atoms with Gasteiger partial charge in [0.2, 0.25) is 6.79 Å². The minimum atomic E-state index is 0.344. The van der Waals surface area contributed by atoms with Crippen molar-refractivity contribution in [3.63, 3.8) is 0 Å². The van der Waals surface area contributed by atoms with Crippen molar-refractivity contribution < 1.29 is 9.47 Å². The number of fused-ring (bicyclic) bond motifs is 1. The Balaban J connectivity index is 1.51. The van der Waals surface area contributed by atoms with Crippen LogP contribution >= 0.6 is 0 Å². The van der Waals surface area contributed by atoms with Gasteiger partial charge in [-0.1, -0.05) is 12.1 Å². The molecule has 1 atom stereocenters. The van der Waals surface area contributed by atoms with Crippen LogP contribution in [0.3, 0.4) is 0 Å². The van der Waals surface area contributed by atoms with Gasteiger partial charge in [0.1, 0.15) is 0 Å². The number of benzene rings is 1. The summed E-state index contributed by atoms with van der Waals surface area (Å²) in [6.45, 7) is 7.00. The van der Waals surface area contributed by atoms with Crippen LogP contribution < -0.4 is 14.8 Å². The van der Waals surface area contributed by atoms with Crippen LogP contribution in [0, 0.1) is 0 Å². The molecule has 0 radical (unpaired) electrons. The maximum Gasteiger partial charge on any atom is 0.231 e. The van der Waals surface area contributed by atoms with Gasteiger partial charge in [0.25, 0.3) is 0 Å². The van der Waals surface area contributed by atoms with Crippen molar-refractivity contribution in [3.05, 3.63) is 23.8 Å². The van der Waals surface area contributed by atoms with Crippen LogP contribution in [0.2, 0.25) is 0 Å². The second-order valence-electron chi connectivity index (χ2n) is 5.37. The highest BCUT2D eigenvalue weighted by Gasteiger charge is 2.19. The summed E-state index contributed by atoms with van der Waals surface area (Å²) in [4.78, 5) is 2.56. The zero-order valence-corrected chi connectivity index (χ0v) is 11.5. The minimum Gasteiger partial charge on any atom is -0.454 e. The summed E-state index contributed by atoms with van der Waals surface area (Å²) in [5.74, 6) is 1.77. The number of para-hydroxylation sites is 1. The molecule has 0 amide bonds. The number of ether oxygens (including phenoxy) is 2. The molecule has 1 saturated heterocycles. The number of nitrogens with one attached hydrogen (secondary N) is 1. The molecule has 2 heterocycles. The fourth-order valence-corrected chi connectivity index (χ4v) is 2.86. The third kappa shape index (κ3) is 2.85. The van der Waals surface area contributed by atoms with Gasteiger partial charge in [-0.05, 0) is 38.9 Å². The van der Waals surface area contributed by atoms with Gasteiger partial charge in [0, 0.05) is 24.7 Å². The van der Waals surface area contributed by atoms with Crippen molar-refractivity contribution in [2.75, 3.05) is 26.4 Å². The van der Waals surface area contributed by atoms with E-state index < -0.39 is 0 Å². The lowest BCUT2D eigenvalue weighted by Crippen LogP contribution is -2.38. The quantitative estimate of drug-likeness (QED) is 0.880. The molecule has 104 valence electrons. The van der Waals surface area contributed by atoms with Crippen molar-refractivity contribution in [1.29, 1.82) is 0 Å². The molecule has 0 spiro atoms. The third-order valence-corrected chi connectivity index (χ3v) is 4.00. The minimum absolute atomic E-state index is 0.344. The van der Waals surface area contributed by atoms with Crippen molar-refractivity contribution in [1.82, 2.24) is 10.2 Å². The van der Waals surface area contributed by atoms with E-state index in [1.165, 1.54) is 31.5 Å². The Hall–Kier alpha value is -1.26. The second kappa shape index (κ2) is 5.80. The number of nitrogens with zero attached hydrogens (tertiary/aromatic N) is 1. The van der Waals surface area contributed by atoms with E-state index in [0.717, 1.165) is 24.6 Å². The Morgan fingerprint density at radius 3 is 2.95 bits per heavy atom.